The summed E-state index contributed by atoms with van der Waals surface area (Å²) in [4.78, 5) is 15.1. The third-order valence-electron chi connectivity index (χ3n) is 1.98. The van der Waals surface area contributed by atoms with Gasteiger partial charge in [0.25, 0.3) is 0 Å². The number of nitrogens with zero attached hydrogens (tertiary/aromatic N) is 3. The number of hydrogen-bond acceptors (Lipinski definition) is 4. The molecule has 0 saturated heterocycles. The zero-order chi connectivity index (χ0) is 9.80. The summed E-state index contributed by atoms with van der Waals surface area (Å²) in [6.45, 7) is 0. The van der Waals surface area contributed by atoms with Gasteiger partial charge in [-0.15, -0.1) is 0 Å². The van der Waals surface area contributed by atoms with Crippen LogP contribution < -0.4 is 5.73 Å². The topological polar surface area (TPSA) is 80.5 Å². The first kappa shape index (κ1) is 8.68. The minimum atomic E-state index is 0.503. The summed E-state index contributed by atoms with van der Waals surface area (Å²) >= 11 is 0. The number of imidazole rings is 1. The molecule has 0 amide bonds. The second kappa shape index (κ2) is 3.87. The molecule has 0 aliphatic heterocycles. The molecule has 2 rings (SSSR count). The lowest BCUT2D eigenvalue weighted by atomic mass is 10.2. The largest absolute Gasteiger partial charge is 0.382 e. The Morgan fingerprint density at radius 2 is 2.00 bits per heavy atom. The number of nitrogens with two attached hydrogens (primary N) is 1. The Morgan fingerprint density at radius 3 is 2.71 bits per heavy atom. The van der Waals surface area contributed by atoms with E-state index in [1.54, 1.807) is 18.7 Å². The fourth-order valence-electron chi connectivity index (χ4n) is 1.24. The van der Waals surface area contributed by atoms with E-state index in [1.807, 2.05) is 6.20 Å². The standard InChI is InChI=1S/C9H11N5/c10-9-8(12-3-4-13-9)2-1-7-5-11-6-14-7/h3-6H,1-2H2,(H2,10,13)(H,11,14). The summed E-state index contributed by atoms with van der Waals surface area (Å²) in [5.41, 5.74) is 7.50. The first-order valence-corrected chi connectivity index (χ1v) is 4.39. The molecule has 0 saturated carbocycles. The molecule has 14 heavy (non-hydrogen) atoms. The van der Waals surface area contributed by atoms with Crippen molar-refractivity contribution in [3.63, 3.8) is 0 Å². The van der Waals surface area contributed by atoms with Gasteiger partial charge in [-0.3, -0.25) is 4.98 Å². The zero-order valence-electron chi connectivity index (χ0n) is 7.64. The monoisotopic (exact) mass is 189 g/mol. The van der Waals surface area contributed by atoms with Crippen molar-refractivity contribution in [1.82, 2.24) is 19.9 Å². The number of hydrogen-bond donors (Lipinski definition) is 2. The molecule has 0 unspecified atom stereocenters. The van der Waals surface area contributed by atoms with Gasteiger partial charge in [0.1, 0.15) is 5.82 Å². The number of aromatic amines is 1. The van der Waals surface area contributed by atoms with Crippen molar-refractivity contribution < 1.29 is 0 Å². The fraction of sp³-hybridized carbons (Fsp3) is 0.222. The Kier molecular flexibility index (Phi) is 2.40. The summed E-state index contributed by atoms with van der Waals surface area (Å²) in [6.07, 6.45) is 8.36. The minimum absolute atomic E-state index is 0.503. The van der Waals surface area contributed by atoms with Gasteiger partial charge in [-0.2, -0.15) is 0 Å². The van der Waals surface area contributed by atoms with E-state index in [0.717, 1.165) is 24.2 Å². The van der Waals surface area contributed by atoms with Crippen molar-refractivity contribution in [1.29, 1.82) is 0 Å². The molecule has 2 aromatic rings. The summed E-state index contributed by atoms with van der Waals surface area (Å²) in [7, 11) is 0. The van der Waals surface area contributed by atoms with Gasteiger partial charge in [0.2, 0.25) is 0 Å². The average molecular weight is 189 g/mol. The van der Waals surface area contributed by atoms with Crippen LogP contribution in [0.2, 0.25) is 0 Å². The van der Waals surface area contributed by atoms with Gasteiger partial charge < -0.3 is 10.7 Å². The molecule has 3 N–H and O–H groups in total. The van der Waals surface area contributed by atoms with Crippen LogP contribution in [-0.2, 0) is 12.8 Å². The van der Waals surface area contributed by atoms with Crippen molar-refractivity contribution in [2.45, 2.75) is 12.8 Å². The van der Waals surface area contributed by atoms with Gasteiger partial charge in [0.05, 0.1) is 17.7 Å². The maximum absolute atomic E-state index is 5.66. The van der Waals surface area contributed by atoms with Gasteiger partial charge in [0, 0.05) is 18.6 Å². The van der Waals surface area contributed by atoms with Crippen LogP contribution in [0, 0.1) is 0 Å². The van der Waals surface area contributed by atoms with Crippen LogP contribution in [0.3, 0.4) is 0 Å². The van der Waals surface area contributed by atoms with Crippen LogP contribution in [0.15, 0.2) is 24.9 Å². The second-order valence-corrected chi connectivity index (χ2v) is 2.95. The molecule has 5 nitrogen and oxygen atoms in total. The third-order valence-corrected chi connectivity index (χ3v) is 1.98. The predicted molar refractivity (Wildman–Crippen MR) is 52.4 cm³/mol. The van der Waals surface area contributed by atoms with Gasteiger partial charge >= 0.3 is 0 Å². The fourth-order valence-corrected chi connectivity index (χ4v) is 1.24. The molecule has 0 bridgehead atoms. The summed E-state index contributed by atoms with van der Waals surface area (Å²) in [5, 5.41) is 0. The van der Waals surface area contributed by atoms with Gasteiger partial charge in [-0.25, -0.2) is 9.97 Å². The molecule has 0 atom stereocenters. The normalized spacial score (nSPS) is 10.3. The molecule has 0 aromatic carbocycles. The Labute approximate surface area is 81.4 Å². The second-order valence-electron chi connectivity index (χ2n) is 2.95. The maximum atomic E-state index is 5.66. The Morgan fingerprint density at radius 1 is 1.14 bits per heavy atom. The summed E-state index contributed by atoms with van der Waals surface area (Å²) in [5.74, 6) is 0.503. The van der Waals surface area contributed by atoms with Crippen LogP contribution >= 0.6 is 0 Å². The third kappa shape index (κ3) is 1.87. The highest BCUT2D eigenvalue weighted by atomic mass is 14.9. The molecule has 2 heterocycles. The number of aromatic nitrogens is 4. The molecule has 0 spiro atoms. The summed E-state index contributed by atoms with van der Waals surface area (Å²) in [6, 6.07) is 0. The van der Waals surface area contributed by atoms with Crippen LogP contribution in [0.25, 0.3) is 0 Å². The number of anilines is 1. The van der Waals surface area contributed by atoms with E-state index in [4.69, 9.17) is 5.73 Å². The molecular formula is C9H11N5. The molecule has 2 aromatic heterocycles. The van der Waals surface area contributed by atoms with Gasteiger partial charge in [-0.1, -0.05) is 0 Å². The highest BCUT2D eigenvalue weighted by molar-refractivity contribution is 5.33. The van der Waals surface area contributed by atoms with Crippen molar-refractivity contribution in [3.05, 3.63) is 36.3 Å². The van der Waals surface area contributed by atoms with Crippen molar-refractivity contribution >= 4 is 5.82 Å². The molecular weight excluding hydrogens is 178 g/mol. The lowest BCUT2D eigenvalue weighted by Gasteiger charge is -2.00. The number of nitrogens with one attached hydrogen (secondary N) is 1. The van der Waals surface area contributed by atoms with E-state index in [0.29, 0.717) is 5.82 Å². The highest BCUT2D eigenvalue weighted by Crippen LogP contribution is 2.06. The van der Waals surface area contributed by atoms with Crippen molar-refractivity contribution in [3.8, 4) is 0 Å². The molecule has 5 heteroatoms. The highest BCUT2D eigenvalue weighted by Gasteiger charge is 2.02. The molecule has 72 valence electrons. The quantitative estimate of drug-likeness (QED) is 0.739. The Hall–Kier alpha value is -1.91. The minimum Gasteiger partial charge on any atom is -0.382 e. The van der Waals surface area contributed by atoms with E-state index in [2.05, 4.69) is 19.9 Å². The van der Waals surface area contributed by atoms with Crippen LogP contribution in [-0.4, -0.2) is 19.9 Å². The smallest absolute Gasteiger partial charge is 0.145 e. The number of H-pyrrole nitrogens is 1. The van der Waals surface area contributed by atoms with Crippen molar-refractivity contribution in [2.75, 3.05) is 5.73 Å². The van der Waals surface area contributed by atoms with E-state index in [1.165, 1.54) is 0 Å². The Bertz CT molecular complexity index is 395. The maximum Gasteiger partial charge on any atom is 0.145 e. The van der Waals surface area contributed by atoms with Crippen LogP contribution in [0.5, 0.6) is 0 Å². The molecule has 0 aliphatic rings. The lowest BCUT2D eigenvalue weighted by Crippen LogP contribution is -2.02. The first-order valence-electron chi connectivity index (χ1n) is 4.39. The van der Waals surface area contributed by atoms with Crippen LogP contribution in [0.4, 0.5) is 5.82 Å². The molecule has 0 aliphatic carbocycles. The van der Waals surface area contributed by atoms with Gasteiger partial charge in [-0.05, 0) is 12.8 Å². The Balaban J connectivity index is 2.02. The van der Waals surface area contributed by atoms with Crippen LogP contribution in [0.1, 0.15) is 11.4 Å². The van der Waals surface area contributed by atoms with Gasteiger partial charge in [0.15, 0.2) is 0 Å². The van der Waals surface area contributed by atoms with E-state index in [9.17, 15) is 0 Å². The summed E-state index contributed by atoms with van der Waals surface area (Å²) < 4.78 is 0. The molecule has 0 radical (unpaired) electrons. The van der Waals surface area contributed by atoms with Crippen molar-refractivity contribution in [2.24, 2.45) is 0 Å². The number of aryl methyl sites for hydroxylation is 2. The predicted octanol–water partition coefficient (Wildman–Crippen LogP) is 0.567. The van der Waals surface area contributed by atoms with E-state index >= 15 is 0 Å². The van der Waals surface area contributed by atoms with E-state index < -0.39 is 0 Å². The number of rotatable bonds is 3. The first-order chi connectivity index (χ1) is 6.86. The molecule has 0 fully saturated rings. The SMILES string of the molecule is Nc1nccnc1CCc1c[nH]cn1. The average Bonchev–Trinajstić information content (AvgIpc) is 2.69. The number of nitrogen functional groups attached to an aromatic ring is 1. The lowest BCUT2D eigenvalue weighted by molar-refractivity contribution is 0.882. The van der Waals surface area contributed by atoms with E-state index in [-0.39, 0.29) is 0 Å². The zero-order valence-corrected chi connectivity index (χ0v) is 7.64.